The van der Waals surface area contributed by atoms with Crippen LogP contribution in [0.5, 0.6) is 0 Å². The van der Waals surface area contributed by atoms with Crippen molar-refractivity contribution in [3.63, 3.8) is 0 Å². The van der Waals surface area contributed by atoms with Crippen LogP contribution in [0.15, 0.2) is 88.8 Å². The zero-order valence-corrected chi connectivity index (χ0v) is 16.8. The number of thioether (sulfide) groups is 1. The van der Waals surface area contributed by atoms with Crippen LogP contribution < -0.4 is 0 Å². The molecule has 2 aliphatic heterocycles. The van der Waals surface area contributed by atoms with Crippen molar-refractivity contribution in [2.45, 2.75) is 18.2 Å². The van der Waals surface area contributed by atoms with E-state index in [-0.39, 0.29) is 11.7 Å². The van der Waals surface area contributed by atoms with Crippen molar-refractivity contribution in [3.8, 4) is 0 Å². The molecule has 0 bridgehead atoms. The Kier molecular flexibility index (Phi) is 4.93. The molecule has 0 saturated carbocycles. The van der Waals surface area contributed by atoms with E-state index in [2.05, 4.69) is 0 Å². The number of carbonyl (C=O) groups excluding carboxylic acids is 1. The second kappa shape index (κ2) is 7.88. The van der Waals surface area contributed by atoms with Crippen LogP contribution in [0.2, 0.25) is 0 Å². The first kappa shape index (κ1) is 18.8. The lowest BCUT2D eigenvalue weighted by atomic mass is 10.1. The molecule has 5 rings (SSSR count). The zero-order valence-electron chi connectivity index (χ0n) is 16.0. The molecular formula is C24H18FN3OS. The van der Waals surface area contributed by atoms with Crippen molar-refractivity contribution in [1.29, 1.82) is 0 Å². The Bertz CT molecular complexity index is 1160. The van der Waals surface area contributed by atoms with E-state index in [0.29, 0.717) is 23.2 Å². The Morgan fingerprint density at radius 1 is 0.900 bits per heavy atom. The molecule has 0 aromatic heterocycles. The largest absolute Gasteiger partial charge is 0.271 e. The summed E-state index contributed by atoms with van der Waals surface area (Å²) in [6.07, 6.45) is 0.553. The van der Waals surface area contributed by atoms with E-state index in [9.17, 15) is 9.18 Å². The molecule has 3 aromatic rings. The third-order valence-electron chi connectivity index (χ3n) is 5.10. The van der Waals surface area contributed by atoms with Crippen molar-refractivity contribution in [2.75, 3.05) is 0 Å². The van der Waals surface area contributed by atoms with Crippen molar-refractivity contribution in [3.05, 3.63) is 101 Å². The first-order valence-electron chi connectivity index (χ1n) is 9.70. The smallest absolute Gasteiger partial charge is 0.259 e. The van der Waals surface area contributed by atoms with E-state index >= 15 is 0 Å². The number of hydrogen-bond acceptors (Lipinski definition) is 4. The molecule has 30 heavy (non-hydrogen) atoms. The number of carbonyl (C=O) groups is 1. The summed E-state index contributed by atoms with van der Waals surface area (Å²) < 4.78 is 13.2. The number of hydrogen-bond donors (Lipinski definition) is 0. The Balaban J connectivity index is 1.45. The Morgan fingerprint density at radius 2 is 1.63 bits per heavy atom. The molecule has 148 valence electrons. The molecule has 4 nitrogen and oxygen atoms in total. The summed E-state index contributed by atoms with van der Waals surface area (Å²) in [4.78, 5) is 24.5. The predicted molar refractivity (Wildman–Crippen MR) is 119 cm³/mol. The van der Waals surface area contributed by atoms with Crippen molar-refractivity contribution in [2.24, 2.45) is 9.98 Å². The number of benzene rings is 3. The number of halogens is 1. The maximum atomic E-state index is 13.3. The van der Waals surface area contributed by atoms with Crippen LogP contribution in [0.1, 0.15) is 16.7 Å². The minimum atomic E-state index is -0.467. The van der Waals surface area contributed by atoms with Gasteiger partial charge in [-0.2, -0.15) is 0 Å². The summed E-state index contributed by atoms with van der Waals surface area (Å²) in [5, 5.41) is 0.609. The maximum absolute atomic E-state index is 13.3. The average Bonchev–Trinajstić information content (AvgIpc) is 3.10. The highest BCUT2D eigenvalue weighted by Gasteiger charge is 2.41. The summed E-state index contributed by atoms with van der Waals surface area (Å²) >= 11 is 1.46. The quantitative estimate of drug-likeness (QED) is 0.605. The number of aliphatic imine (C=N–C) groups is 2. The lowest BCUT2D eigenvalue weighted by molar-refractivity contribution is -0.124. The van der Waals surface area contributed by atoms with Gasteiger partial charge in [-0.15, -0.1) is 0 Å². The summed E-state index contributed by atoms with van der Waals surface area (Å²) in [6.45, 7) is 0. The van der Waals surface area contributed by atoms with Gasteiger partial charge in [0.25, 0.3) is 5.91 Å². The molecule has 0 aliphatic carbocycles. The van der Waals surface area contributed by atoms with Crippen LogP contribution in [0.3, 0.4) is 0 Å². The molecule has 0 N–H and O–H groups in total. The lowest BCUT2D eigenvalue weighted by Gasteiger charge is -2.25. The van der Waals surface area contributed by atoms with Gasteiger partial charge in [-0.3, -0.25) is 9.79 Å². The predicted octanol–water partition coefficient (Wildman–Crippen LogP) is 4.96. The third kappa shape index (κ3) is 3.55. The van der Waals surface area contributed by atoms with Gasteiger partial charge in [-0.1, -0.05) is 66.4 Å². The fraction of sp³-hybridized carbons (Fsp3) is 0.125. The van der Waals surface area contributed by atoms with Crippen LogP contribution >= 0.6 is 11.8 Å². The van der Waals surface area contributed by atoms with Gasteiger partial charge >= 0.3 is 0 Å². The second-order valence-electron chi connectivity index (χ2n) is 7.16. The van der Waals surface area contributed by atoms with Gasteiger partial charge in [-0.05, 0) is 35.4 Å². The summed E-state index contributed by atoms with van der Waals surface area (Å²) in [5.74, 6) is 0.921. The van der Waals surface area contributed by atoms with E-state index < -0.39 is 6.04 Å². The fourth-order valence-electron chi connectivity index (χ4n) is 3.60. The van der Waals surface area contributed by atoms with Crippen molar-refractivity contribution < 1.29 is 9.18 Å². The molecule has 0 fully saturated rings. The Labute approximate surface area is 178 Å². The summed E-state index contributed by atoms with van der Waals surface area (Å²) in [7, 11) is 0. The van der Waals surface area contributed by atoms with Gasteiger partial charge < -0.3 is 0 Å². The van der Waals surface area contributed by atoms with Gasteiger partial charge in [0.2, 0.25) is 0 Å². The highest BCUT2D eigenvalue weighted by Crippen LogP contribution is 2.34. The van der Waals surface area contributed by atoms with Crippen LogP contribution in [-0.4, -0.2) is 27.9 Å². The van der Waals surface area contributed by atoms with Gasteiger partial charge in [0, 0.05) is 17.7 Å². The monoisotopic (exact) mass is 415 g/mol. The molecule has 1 unspecified atom stereocenters. The number of fused-ring (bicyclic) bond motifs is 3. The van der Waals surface area contributed by atoms with Crippen molar-refractivity contribution >= 4 is 34.4 Å². The highest BCUT2D eigenvalue weighted by atomic mass is 32.2. The summed E-state index contributed by atoms with van der Waals surface area (Å²) in [6, 6.07) is 23.6. The SMILES string of the molecule is O=C1C(Cc2ccccc2)N=C2c3ccccc3N=C(SCc3ccc(F)cc3)N12. The van der Waals surface area contributed by atoms with Crippen LogP contribution in [0.25, 0.3) is 0 Å². The van der Waals surface area contributed by atoms with Crippen molar-refractivity contribution in [1.82, 2.24) is 4.90 Å². The molecule has 0 saturated heterocycles. The van der Waals surface area contributed by atoms with E-state index in [0.717, 1.165) is 22.4 Å². The summed E-state index contributed by atoms with van der Waals surface area (Å²) in [5.41, 5.74) is 3.72. The Morgan fingerprint density at radius 3 is 2.43 bits per heavy atom. The molecule has 3 aromatic carbocycles. The Hall–Kier alpha value is -3.25. The minimum Gasteiger partial charge on any atom is -0.271 e. The molecule has 2 heterocycles. The minimum absolute atomic E-state index is 0.0614. The average molecular weight is 415 g/mol. The fourth-order valence-corrected chi connectivity index (χ4v) is 4.55. The van der Waals surface area contributed by atoms with E-state index in [4.69, 9.17) is 9.98 Å². The molecule has 0 spiro atoms. The number of amidine groups is 2. The normalized spacial score (nSPS) is 17.3. The molecule has 0 radical (unpaired) electrons. The molecular weight excluding hydrogens is 397 g/mol. The number of rotatable bonds is 4. The van der Waals surface area contributed by atoms with Gasteiger partial charge in [0.05, 0.1) is 5.69 Å². The molecule has 1 atom stereocenters. The zero-order chi connectivity index (χ0) is 20.5. The highest BCUT2D eigenvalue weighted by molar-refractivity contribution is 8.13. The topological polar surface area (TPSA) is 45.0 Å². The van der Waals surface area contributed by atoms with E-state index in [1.54, 1.807) is 17.0 Å². The maximum Gasteiger partial charge on any atom is 0.259 e. The van der Waals surface area contributed by atoms with Crippen LogP contribution in [0.4, 0.5) is 10.1 Å². The lowest BCUT2D eigenvalue weighted by Crippen LogP contribution is -2.41. The number of para-hydroxylation sites is 1. The molecule has 6 heteroatoms. The van der Waals surface area contributed by atoms with E-state index in [1.165, 1.54) is 23.9 Å². The first-order chi connectivity index (χ1) is 14.7. The first-order valence-corrected chi connectivity index (χ1v) is 10.7. The molecule has 1 amide bonds. The third-order valence-corrected chi connectivity index (χ3v) is 6.11. The van der Waals surface area contributed by atoms with Gasteiger partial charge in [0.1, 0.15) is 17.7 Å². The number of amides is 1. The molecule has 2 aliphatic rings. The standard InChI is InChI=1S/C24H18FN3OS/c25-18-12-10-17(11-13-18)15-30-24-27-20-9-5-4-8-19(20)22-26-21(23(29)28(22)24)14-16-6-2-1-3-7-16/h1-13,21H,14-15H2. The van der Waals surface area contributed by atoms with Crippen LogP contribution in [0, 0.1) is 5.82 Å². The van der Waals surface area contributed by atoms with Gasteiger partial charge in [-0.25, -0.2) is 14.3 Å². The number of nitrogens with zero attached hydrogens (tertiary/aromatic N) is 3. The van der Waals surface area contributed by atoms with Gasteiger partial charge in [0.15, 0.2) is 5.17 Å². The van der Waals surface area contributed by atoms with Crippen LogP contribution in [-0.2, 0) is 17.0 Å². The van der Waals surface area contributed by atoms with E-state index in [1.807, 2.05) is 54.6 Å². The second-order valence-corrected chi connectivity index (χ2v) is 8.10.